The first-order valence-corrected chi connectivity index (χ1v) is 8.48. The van der Waals surface area contributed by atoms with Crippen molar-refractivity contribution in [2.24, 2.45) is 5.41 Å². The second-order valence-corrected chi connectivity index (χ2v) is 7.21. The number of carboxylic acids is 1. The Bertz CT molecular complexity index is 381. The normalized spacial score (nSPS) is 26.4. The Labute approximate surface area is 124 Å². The Morgan fingerprint density at radius 3 is 2.50 bits per heavy atom. The minimum absolute atomic E-state index is 0.0872. The lowest BCUT2D eigenvalue weighted by molar-refractivity contribution is -0.141. The topological polar surface area (TPSA) is 60.9 Å². The number of carboxylic acid groups (broad SMARTS) is 1. The Morgan fingerprint density at radius 2 is 1.95 bits per heavy atom. The van der Waals surface area contributed by atoms with Crippen LogP contribution in [0.5, 0.6) is 0 Å². The van der Waals surface area contributed by atoms with Crippen molar-refractivity contribution in [3.63, 3.8) is 0 Å². The zero-order valence-corrected chi connectivity index (χ0v) is 13.1. The molecule has 2 amide bonds. The van der Waals surface area contributed by atoms with Crippen molar-refractivity contribution in [2.45, 2.75) is 39.2 Å². The Balaban J connectivity index is 1.98. The van der Waals surface area contributed by atoms with Crippen LogP contribution in [0.1, 0.15) is 33.1 Å². The van der Waals surface area contributed by atoms with Gasteiger partial charge in [0.25, 0.3) is 0 Å². The zero-order chi connectivity index (χ0) is 14.8. The van der Waals surface area contributed by atoms with Crippen molar-refractivity contribution in [3.8, 4) is 0 Å². The van der Waals surface area contributed by atoms with Crippen LogP contribution in [-0.2, 0) is 4.79 Å². The molecule has 0 aromatic carbocycles. The molecule has 2 rings (SSSR count). The summed E-state index contributed by atoms with van der Waals surface area (Å²) in [5, 5.41) is 9.25. The van der Waals surface area contributed by atoms with Gasteiger partial charge in [0.1, 0.15) is 6.04 Å². The molecule has 20 heavy (non-hydrogen) atoms. The summed E-state index contributed by atoms with van der Waals surface area (Å²) < 4.78 is 0. The van der Waals surface area contributed by atoms with Crippen LogP contribution in [0.25, 0.3) is 0 Å². The molecule has 2 aliphatic rings. The van der Waals surface area contributed by atoms with Gasteiger partial charge in [-0.1, -0.05) is 20.3 Å². The fourth-order valence-corrected chi connectivity index (χ4v) is 3.85. The standard InChI is InChI=1S/C14H24N2O3S/c1-3-14(2)4-6-15(7-5-14)13(19)16-8-9-20-10-11(16)12(17)18/h11H,3-10H2,1-2H3,(H,17,18). The van der Waals surface area contributed by atoms with Crippen LogP contribution in [-0.4, -0.2) is 64.1 Å². The maximum absolute atomic E-state index is 12.5. The van der Waals surface area contributed by atoms with E-state index in [1.165, 1.54) is 0 Å². The van der Waals surface area contributed by atoms with Crippen LogP contribution in [0.2, 0.25) is 0 Å². The van der Waals surface area contributed by atoms with Crippen LogP contribution in [0.4, 0.5) is 4.79 Å². The van der Waals surface area contributed by atoms with E-state index in [0.29, 0.717) is 17.7 Å². The molecule has 0 aromatic rings. The minimum Gasteiger partial charge on any atom is -0.480 e. The van der Waals surface area contributed by atoms with Crippen molar-refractivity contribution in [1.82, 2.24) is 9.80 Å². The number of nitrogens with zero attached hydrogens (tertiary/aromatic N) is 2. The van der Waals surface area contributed by atoms with Gasteiger partial charge < -0.3 is 14.9 Å². The molecule has 5 nitrogen and oxygen atoms in total. The highest BCUT2D eigenvalue weighted by Crippen LogP contribution is 2.34. The third-order valence-electron chi connectivity index (χ3n) is 4.75. The highest BCUT2D eigenvalue weighted by Gasteiger charge is 2.37. The number of carbonyl (C=O) groups is 2. The average molecular weight is 300 g/mol. The van der Waals surface area contributed by atoms with E-state index < -0.39 is 12.0 Å². The number of piperidine rings is 1. The molecule has 2 fully saturated rings. The van der Waals surface area contributed by atoms with Crippen LogP contribution in [0, 0.1) is 5.41 Å². The molecule has 0 radical (unpaired) electrons. The Morgan fingerprint density at radius 1 is 1.30 bits per heavy atom. The SMILES string of the molecule is CCC1(C)CCN(C(=O)N2CCSCC2C(=O)O)CC1. The quantitative estimate of drug-likeness (QED) is 0.848. The molecule has 114 valence electrons. The van der Waals surface area contributed by atoms with E-state index in [9.17, 15) is 14.7 Å². The number of amides is 2. The lowest BCUT2D eigenvalue weighted by atomic mass is 9.78. The van der Waals surface area contributed by atoms with Gasteiger partial charge in [-0.15, -0.1) is 0 Å². The van der Waals surface area contributed by atoms with E-state index in [2.05, 4.69) is 13.8 Å². The third kappa shape index (κ3) is 3.22. The lowest BCUT2D eigenvalue weighted by Gasteiger charge is -2.42. The number of carbonyl (C=O) groups excluding carboxylic acids is 1. The van der Waals surface area contributed by atoms with Crippen molar-refractivity contribution >= 4 is 23.8 Å². The van der Waals surface area contributed by atoms with Crippen molar-refractivity contribution in [3.05, 3.63) is 0 Å². The first-order chi connectivity index (χ1) is 9.47. The molecule has 0 aliphatic carbocycles. The summed E-state index contributed by atoms with van der Waals surface area (Å²) in [7, 11) is 0. The number of hydrogen-bond acceptors (Lipinski definition) is 3. The second kappa shape index (κ2) is 6.24. The summed E-state index contributed by atoms with van der Waals surface area (Å²) >= 11 is 1.61. The third-order valence-corrected chi connectivity index (χ3v) is 5.78. The molecule has 1 N–H and O–H groups in total. The van der Waals surface area contributed by atoms with Gasteiger partial charge in [0.15, 0.2) is 0 Å². The van der Waals surface area contributed by atoms with Crippen LogP contribution >= 0.6 is 11.8 Å². The Kier molecular flexibility index (Phi) is 4.83. The van der Waals surface area contributed by atoms with Crippen molar-refractivity contribution < 1.29 is 14.7 Å². The van der Waals surface area contributed by atoms with Crippen molar-refractivity contribution in [2.75, 3.05) is 31.1 Å². The van der Waals surface area contributed by atoms with E-state index in [1.54, 1.807) is 16.7 Å². The van der Waals surface area contributed by atoms with E-state index >= 15 is 0 Å². The number of thioether (sulfide) groups is 1. The number of aliphatic carboxylic acids is 1. The fraction of sp³-hybridized carbons (Fsp3) is 0.857. The molecular formula is C14H24N2O3S. The van der Waals surface area contributed by atoms with E-state index in [1.807, 2.05) is 4.90 Å². The molecule has 0 bridgehead atoms. The first-order valence-electron chi connectivity index (χ1n) is 7.33. The van der Waals surface area contributed by atoms with Crippen LogP contribution < -0.4 is 0 Å². The molecule has 2 heterocycles. The molecule has 1 atom stereocenters. The molecule has 1 unspecified atom stereocenters. The van der Waals surface area contributed by atoms with Gasteiger partial charge in [0, 0.05) is 31.1 Å². The molecule has 0 aromatic heterocycles. The van der Waals surface area contributed by atoms with Gasteiger partial charge in [-0.05, 0) is 18.3 Å². The van der Waals surface area contributed by atoms with Gasteiger partial charge >= 0.3 is 12.0 Å². The van der Waals surface area contributed by atoms with Crippen LogP contribution in [0.15, 0.2) is 0 Å². The molecule has 2 aliphatic heterocycles. The monoisotopic (exact) mass is 300 g/mol. The smallest absolute Gasteiger partial charge is 0.327 e. The van der Waals surface area contributed by atoms with E-state index in [4.69, 9.17) is 0 Å². The summed E-state index contributed by atoms with van der Waals surface area (Å²) in [6, 6.07) is -0.753. The predicted molar refractivity (Wildman–Crippen MR) is 80.1 cm³/mol. The minimum atomic E-state index is -0.888. The summed E-state index contributed by atoms with van der Waals surface area (Å²) in [4.78, 5) is 27.2. The van der Waals surface area contributed by atoms with E-state index in [-0.39, 0.29) is 6.03 Å². The Hall–Kier alpha value is -0.910. The highest BCUT2D eigenvalue weighted by molar-refractivity contribution is 7.99. The molecule has 6 heteroatoms. The maximum atomic E-state index is 12.5. The van der Waals surface area contributed by atoms with Crippen LogP contribution in [0.3, 0.4) is 0 Å². The van der Waals surface area contributed by atoms with Gasteiger partial charge in [-0.2, -0.15) is 11.8 Å². The number of likely N-dealkylation sites (tertiary alicyclic amines) is 1. The predicted octanol–water partition coefficient (Wildman–Crippen LogP) is 2.12. The van der Waals surface area contributed by atoms with E-state index in [0.717, 1.165) is 38.1 Å². The first kappa shape index (κ1) is 15.5. The number of hydrogen-bond donors (Lipinski definition) is 1. The average Bonchev–Trinajstić information content (AvgIpc) is 2.47. The van der Waals surface area contributed by atoms with Gasteiger partial charge in [-0.3, -0.25) is 0 Å². The summed E-state index contributed by atoms with van der Waals surface area (Å²) in [6.45, 7) is 6.51. The van der Waals surface area contributed by atoms with Gasteiger partial charge in [0.05, 0.1) is 0 Å². The lowest BCUT2D eigenvalue weighted by Crippen LogP contribution is -2.56. The van der Waals surface area contributed by atoms with Gasteiger partial charge in [-0.25, -0.2) is 9.59 Å². The molecule has 0 saturated carbocycles. The largest absolute Gasteiger partial charge is 0.480 e. The summed E-state index contributed by atoms with van der Waals surface area (Å²) in [5.74, 6) is 0.443. The highest BCUT2D eigenvalue weighted by atomic mass is 32.2. The molecule has 0 spiro atoms. The summed E-state index contributed by atoms with van der Waals surface area (Å²) in [6.07, 6.45) is 3.15. The zero-order valence-electron chi connectivity index (χ0n) is 12.3. The second-order valence-electron chi connectivity index (χ2n) is 6.06. The maximum Gasteiger partial charge on any atom is 0.327 e. The molecule has 2 saturated heterocycles. The number of rotatable bonds is 2. The van der Waals surface area contributed by atoms with Gasteiger partial charge in [0.2, 0.25) is 0 Å². The molecular weight excluding hydrogens is 276 g/mol. The van der Waals surface area contributed by atoms with Crippen molar-refractivity contribution in [1.29, 1.82) is 0 Å². The summed E-state index contributed by atoms with van der Waals surface area (Å²) in [5.41, 5.74) is 0.334. The number of urea groups is 1. The fourth-order valence-electron chi connectivity index (χ4n) is 2.81.